The minimum Gasteiger partial charge on any atom is -0.483 e. The van der Waals surface area contributed by atoms with E-state index in [9.17, 15) is 18.0 Å². The molecule has 8 heteroatoms. The number of hydrogen-bond acceptors (Lipinski definition) is 4. The van der Waals surface area contributed by atoms with Gasteiger partial charge >= 0.3 is 6.18 Å². The molecule has 0 spiro atoms. The normalized spacial score (nSPS) is 12.9. The van der Waals surface area contributed by atoms with Gasteiger partial charge in [-0.2, -0.15) is 13.2 Å². The van der Waals surface area contributed by atoms with Gasteiger partial charge in [0.1, 0.15) is 11.5 Å². The van der Waals surface area contributed by atoms with Crippen LogP contribution in [0.5, 0.6) is 11.5 Å². The first kappa shape index (κ1) is 22.5. The Morgan fingerprint density at radius 1 is 1.10 bits per heavy atom. The third-order valence-corrected chi connectivity index (χ3v) is 4.04. The molecule has 1 atom stereocenters. The number of halogens is 3. The topological polar surface area (TPSA) is 60.5 Å². The molecule has 1 amide bonds. The average molecular weight is 410 g/mol. The van der Waals surface area contributed by atoms with Gasteiger partial charge in [-0.3, -0.25) is 9.78 Å². The van der Waals surface area contributed by atoms with Gasteiger partial charge in [0.05, 0.1) is 17.9 Å². The van der Waals surface area contributed by atoms with Gasteiger partial charge in [0.15, 0.2) is 13.2 Å². The van der Waals surface area contributed by atoms with Crippen LogP contribution in [-0.4, -0.2) is 30.3 Å². The van der Waals surface area contributed by atoms with Crippen molar-refractivity contribution in [1.82, 2.24) is 10.3 Å². The summed E-state index contributed by atoms with van der Waals surface area (Å²) in [5, 5.41) is 2.75. The van der Waals surface area contributed by atoms with Gasteiger partial charge in [0.2, 0.25) is 0 Å². The number of ether oxygens (including phenoxy) is 2. The number of nitrogens with zero attached hydrogens (tertiary/aromatic N) is 1. The summed E-state index contributed by atoms with van der Waals surface area (Å²) in [6.07, 6.45) is -3.22. The van der Waals surface area contributed by atoms with Crippen LogP contribution in [0, 0.1) is 0 Å². The van der Waals surface area contributed by atoms with Crippen LogP contribution in [0.4, 0.5) is 13.2 Å². The first-order valence-electron chi connectivity index (χ1n) is 9.13. The van der Waals surface area contributed by atoms with Crippen molar-refractivity contribution in [3.63, 3.8) is 0 Å². The fourth-order valence-corrected chi connectivity index (χ4v) is 2.61. The number of hydrogen-bond donors (Lipinski definition) is 1. The minimum absolute atomic E-state index is 0.00622. The average Bonchev–Trinajstić information content (AvgIpc) is 2.64. The van der Waals surface area contributed by atoms with Gasteiger partial charge in [-0.05, 0) is 36.1 Å². The van der Waals surface area contributed by atoms with E-state index in [1.54, 1.807) is 6.92 Å². The van der Waals surface area contributed by atoms with Crippen molar-refractivity contribution in [2.75, 3.05) is 13.2 Å². The van der Waals surface area contributed by atoms with E-state index < -0.39 is 18.8 Å². The Hall–Kier alpha value is -2.77. The van der Waals surface area contributed by atoms with Gasteiger partial charge in [-0.25, -0.2) is 0 Å². The number of para-hydroxylation sites is 1. The fourth-order valence-electron chi connectivity index (χ4n) is 2.61. The second kappa shape index (κ2) is 9.15. The van der Waals surface area contributed by atoms with E-state index in [0.29, 0.717) is 11.4 Å². The molecule has 0 aliphatic heterocycles. The first-order chi connectivity index (χ1) is 13.5. The molecule has 1 heterocycles. The lowest BCUT2D eigenvalue weighted by Gasteiger charge is -2.22. The van der Waals surface area contributed by atoms with Gasteiger partial charge in [-0.1, -0.05) is 39.0 Å². The Balaban J connectivity index is 1.90. The molecule has 0 aliphatic carbocycles. The summed E-state index contributed by atoms with van der Waals surface area (Å²) in [6.45, 7) is 6.36. The summed E-state index contributed by atoms with van der Waals surface area (Å²) < 4.78 is 46.8. The molecule has 2 aromatic rings. The quantitative estimate of drug-likeness (QED) is 0.726. The summed E-state index contributed by atoms with van der Waals surface area (Å²) >= 11 is 0. The van der Waals surface area contributed by atoms with Crippen LogP contribution in [-0.2, 0) is 10.2 Å². The molecule has 0 aliphatic rings. The van der Waals surface area contributed by atoms with Crippen molar-refractivity contribution in [3.05, 3.63) is 53.9 Å². The summed E-state index contributed by atoms with van der Waals surface area (Å²) in [5.74, 6) is 0.319. The number of pyridine rings is 1. The van der Waals surface area contributed by atoms with Crippen molar-refractivity contribution in [2.24, 2.45) is 0 Å². The van der Waals surface area contributed by atoms with Gasteiger partial charge in [0, 0.05) is 0 Å². The molecule has 2 rings (SSSR count). The number of benzene rings is 1. The smallest absolute Gasteiger partial charge is 0.422 e. The lowest BCUT2D eigenvalue weighted by molar-refractivity contribution is -0.153. The Labute approximate surface area is 168 Å². The van der Waals surface area contributed by atoms with E-state index in [2.05, 4.69) is 35.8 Å². The van der Waals surface area contributed by atoms with E-state index in [0.717, 1.165) is 5.56 Å². The molecule has 1 N–H and O–H groups in total. The number of amides is 1. The molecule has 0 saturated heterocycles. The minimum atomic E-state index is -4.41. The maximum atomic E-state index is 12.2. The molecule has 1 unspecified atom stereocenters. The highest BCUT2D eigenvalue weighted by Crippen LogP contribution is 2.30. The zero-order valence-electron chi connectivity index (χ0n) is 16.8. The predicted octanol–water partition coefficient (Wildman–Crippen LogP) is 4.58. The van der Waals surface area contributed by atoms with Crippen molar-refractivity contribution in [3.8, 4) is 11.5 Å². The summed E-state index contributed by atoms with van der Waals surface area (Å²) in [5.41, 5.74) is 1.37. The van der Waals surface area contributed by atoms with Crippen LogP contribution in [0.25, 0.3) is 0 Å². The SMILES string of the molecule is CC(NC(=O)COc1ccccc1C(C)(C)C)c1ccc(OCC(F)(F)F)cn1. The zero-order valence-corrected chi connectivity index (χ0v) is 16.8. The lowest BCUT2D eigenvalue weighted by atomic mass is 9.86. The number of rotatable bonds is 7. The number of carbonyl (C=O) groups excluding carboxylic acids is 1. The molecule has 29 heavy (non-hydrogen) atoms. The maximum absolute atomic E-state index is 12.2. The van der Waals surface area contributed by atoms with Gasteiger partial charge < -0.3 is 14.8 Å². The van der Waals surface area contributed by atoms with Crippen molar-refractivity contribution >= 4 is 5.91 Å². The second-order valence-electron chi connectivity index (χ2n) is 7.65. The monoisotopic (exact) mass is 410 g/mol. The van der Waals surface area contributed by atoms with Crippen molar-refractivity contribution < 1.29 is 27.4 Å². The molecule has 5 nitrogen and oxygen atoms in total. The van der Waals surface area contributed by atoms with E-state index >= 15 is 0 Å². The molecule has 1 aromatic carbocycles. The largest absolute Gasteiger partial charge is 0.483 e. The molecule has 0 bridgehead atoms. The highest BCUT2D eigenvalue weighted by atomic mass is 19.4. The summed E-state index contributed by atoms with van der Waals surface area (Å²) in [4.78, 5) is 16.3. The van der Waals surface area contributed by atoms with Crippen molar-refractivity contribution in [2.45, 2.75) is 45.3 Å². The van der Waals surface area contributed by atoms with Crippen molar-refractivity contribution in [1.29, 1.82) is 0 Å². The van der Waals surface area contributed by atoms with Crippen LogP contribution in [0.2, 0.25) is 0 Å². The standard InChI is InChI=1S/C21H25F3N2O3/c1-14(17-10-9-15(11-25-17)29-13-21(22,23)24)26-19(27)12-28-18-8-6-5-7-16(18)20(2,3)4/h5-11,14H,12-13H2,1-4H3,(H,26,27). The molecular formula is C21H25F3N2O3. The van der Waals surface area contributed by atoms with E-state index in [-0.39, 0.29) is 23.7 Å². The third-order valence-electron chi connectivity index (χ3n) is 4.04. The molecular weight excluding hydrogens is 385 g/mol. The molecule has 0 fully saturated rings. The first-order valence-corrected chi connectivity index (χ1v) is 9.13. The summed E-state index contributed by atoms with van der Waals surface area (Å²) in [7, 11) is 0. The van der Waals surface area contributed by atoms with Crippen LogP contribution >= 0.6 is 0 Å². The lowest BCUT2D eigenvalue weighted by Crippen LogP contribution is -2.32. The molecule has 0 saturated carbocycles. The van der Waals surface area contributed by atoms with Crippen LogP contribution in [0.3, 0.4) is 0 Å². The maximum Gasteiger partial charge on any atom is 0.422 e. The predicted molar refractivity (Wildman–Crippen MR) is 103 cm³/mol. The second-order valence-corrected chi connectivity index (χ2v) is 7.65. The van der Waals surface area contributed by atoms with E-state index in [4.69, 9.17) is 4.74 Å². The van der Waals surface area contributed by atoms with Gasteiger partial charge in [0.25, 0.3) is 5.91 Å². The molecule has 158 valence electrons. The van der Waals surface area contributed by atoms with Crippen LogP contribution in [0.1, 0.15) is 45.0 Å². The zero-order chi connectivity index (χ0) is 21.7. The number of aromatic nitrogens is 1. The Morgan fingerprint density at radius 3 is 2.38 bits per heavy atom. The number of nitrogens with one attached hydrogen (secondary N) is 1. The highest BCUT2D eigenvalue weighted by Gasteiger charge is 2.28. The summed E-state index contributed by atoms with van der Waals surface area (Å²) in [6, 6.07) is 9.99. The Bertz CT molecular complexity index is 815. The van der Waals surface area contributed by atoms with E-state index in [1.807, 2.05) is 24.3 Å². The van der Waals surface area contributed by atoms with E-state index in [1.165, 1.54) is 18.3 Å². The van der Waals surface area contributed by atoms with Crippen LogP contribution in [0.15, 0.2) is 42.6 Å². The number of carbonyl (C=O) groups is 1. The van der Waals surface area contributed by atoms with Gasteiger partial charge in [-0.15, -0.1) is 0 Å². The highest BCUT2D eigenvalue weighted by molar-refractivity contribution is 5.78. The molecule has 1 aromatic heterocycles. The Morgan fingerprint density at radius 2 is 1.79 bits per heavy atom. The number of alkyl halides is 3. The van der Waals surface area contributed by atoms with Crippen LogP contribution < -0.4 is 14.8 Å². The third kappa shape index (κ3) is 7.29. The fraction of sp³-hybridized carbons (Fsp3) is 0.429. The Kier molecular flexibility index (Phi) is 7.11. The molecule has 0 radical (unpaired) electrons.